The molecule has 1 aliphatic carbocycles. The number of carbonyl (C=O) groups excluding carboxylic acids is 1. The quantitative estimate of drug-likeness (QED) is 0.665. The SMILES string of the molecule is Cc1cc(S(=O)(=O)Cc2noc(CC(=O)NC3CCC(N(C)C)CC3)n2)c(C)cc1Cl. The fourth-order valence-electron chi connectivity index (χ4n) is 3.91. The van der Waals surface area contributed by atoms with Gasteiger partial charge in [0.25, 0.3) is 0 Å². The molecule has 1 fully saturated rings. The van der Waals surface area contributed by atoms with Crippen LogP contribution in [0.1, 0.15) is 48.5 Å². The number of hydrogen-bond donors (Lipinski definition) is 1. The van der Waals surface area contributed by atoms with Gasteiger partial charge in [-0.05, 0) is 76.9 Å². The molecule has 1 amide bonds. The first-order chi connectivity index (χ1) is 14.5. The van der Waals surface area contributed by atoms with Crippen LogP contribution in [-0.2, 0) is 26.8 Å². The van der Waals surface area contributed by atoms with Gasteiger partial charge in [-0.15, -0.1) is 0 Å². The molecule has 31 heavy (non-hydrogen) atoms. The van der Waals surface area contributed by atoms with Crippen LogP contribution in [0.3, 0.4) is 0 Å². The molecule has 0 bridgehead atoms. The van der Waals surface area contributed by atoms with Crippen LogP contribution in [0.2, 0.25) is 5.02 Å². The van der Waals surface area contributed by atoms with Gasteiger partial charge in [-0.3, -0.25) is 4.79 Å². The molecule has 170 valence electrons. The Hall–Kier alpha value is -1.97. The topological polar surface area (TPSA) is 105 Å². The van der Waals surface area contributed by atoms with Crippen molar-refractivity contribution in [3.63, 3.8) is 0 Å². The van der Waals surface area contributed by atoms with E-state index < -0.39 is 15.6 Å². The second kappa shape index (κ2) is 9.67. The lowest BCUT2D eigenvalue weighted by Gasteiger charge is -2.32. The number of carbonyl (C=O) groups is 1. The Labute approximate surface area is 188 Å². The molecule has 10 heteroatoms. The molecule has 0 aliphatic heterocycles. The summed E-state index contributed by atoms with van der Waals surface area (Å²) < 4.78 is 30.7. The first-order valence-electron chi connectivity index (χ1n) is 10.3. The summed E-state index contributed by atoms with van der Waals surface area (Å²) in [5.74, 6) is -0.472. The second-order valence-corrected chi connectivity index (χ2v) is 10.8. The zero-order valence-corrected chi connectivity index (χ0v) is 19.9. The van der Waals surface area contributed by atoms with Crippen molar-refractivity contribution in [2.45, 2.75) is 68.7 Å². The minimum absolute atomic E-state index is 0.0290. The van der Waals surface area contributed by atoms with Crippen molar-refractivity contribution in [3.05, 3.63) is 40.0 Å². The van der Waals surface area contributed by atoms with Crippen LogP contribution in [-0.4, -0.2) is 55.5 Å². The zero-order chi connectivity index (χ0) is 22.8. The normalized spacial score (nSPS) is 19.5. The van der Waals surface area contributed by atoms with E-state index in [4.69, 9.17) is 16.1 Å². The number of aromatic nitrogens is 2. The van der Waals surface area contributed by atoms with E-state index >= 15 is 0 Å². The third kappa shape index (κ3) is 6.05. The predicted molar refractivity (Wildman–Crippen MR) is 118 cm³/mol. The lowest BCUT2D eigenvalue weighted by Crippen LogP contribution is -2.42. The maximum atomic E-state index is 12.8. The fourth-order valence-corrected chi connectivity index (χ4v) is 5.65. The van der Waals surface area contributed by atoms with E-state index in [-0.39, 0.29) is 35.0 Å². The maximum Gasteiger partial charge on any atom is 0.236 e. The summed E-state index contributed by atoms with van der Waals surface area (Å²) in [5, 5.41) is 7.28. The van der Waals surface area contributed by atoms with Crippen molar-refractivity contribution < 1.29 is 17.7 Å². The van der Waals surface area contributed by atoms with Crippen LogP contribution in [0.4, 0.5) is 0 Å². The van der Waals surface area contributed by atoms with Crippen LogP contribution in [0, 0.1) is 13.8 Å². The van der Waals surface area contributed by atoms with Crippen LogP contribution < -0.4 is 5.32 Å². The molecule has 1 saturated carbocycles. The van der Waals surface area contributed by atoms with Crippen molar-refractivity contribution in [3.8, 4) is 0 Å². The van der Waals surface area contributed by atoms with Crippen molar-refractivity contribution in [1.82, 2.24) is 20.4 Å². The number of nitrogens with zero attached hydrogens (tertiary/aromatic N) is 3. The van der Waals surface area contributed by atoms with Gasteiger partial charge in [0.1, 0.15) is 12.2 Å². The number of halogens is 1. The van der Waals surface area contributed by atoms with E-state index in [2.05, 4.69) is 34.5 Å². The average molecular weight is 469 g/mol. The first-order valence-corrected chi connectivity index (χ1v) is 12.3. The minimum atomic E-state index is -3.68. The molecule has 3 rings (SSSR count). The highest BCUT2D eigenvalue weighted by Crippen LogP contribution is 2.26. The molecule has 8 nitrogen and oxygen atoms in total. The molecule has 1 heterocycles. The molecule has 1 aromatic carbocycles. The average Bonchev–Trinajstić information content (AvgIpc) is 3.10. The van der Waals surface area contributed by atoms with Crippen molar-refractivity contribution >= 4 is 27.3 Å². The highest BCUT2D eigenvalue weighted by atomic mass is 35.5. The Morgan fingerprint density at radius 2 is 1.87 bits per heavy atom. The van der Waals surface area contributed by atoms with Gasteiger partial charge in [-0.2, -0.15) is 4.98 Å². The molecular formula is C21H29ClN4O4S. The minimum Gasteiger partial charge on any atom is -0.353 e. The van der Waals surface area contributed by atoms with Crippen LogP contribution >= 0.6 is 11.6 Å². The number of nitrogens with one attached hydrogen (secondary N) is 1. The largest absolute Gasteiger partial charge is 0.353 e. The molecule has 1 aromatic heterocycles. The van der Waals surface area contributed by atoms with Crippen LogP contribution in [0.25, 0.3) is 0 Å². The lowest BCUT2D eigenvalue weighted by atomic mass is 9.90. The number of rotatable bonds is 7. The second-order valence-electron chi connectivity index (χ2n) is 8.44. The van der Waals surface area contributed by atoms with Gasteiger partial charge in [0.05, 0.1) is 4.90 Å². The molecule has 1 aliphatic rings. The van der Waals surface area contributed by atoms with E-state index in [9.17, 15) is 13.2 Å². The standard InChI is InChI=1S/C21H29ClN4O4S/c1-13-10-18(14(2)9-17(13)22)31(28,29)12-19-24-21(30-25-19)11-20(27)23-15-5-7-16(8-6-15)26(3)4/h9-10,15-16H,5-8,11-12H2,1-4H3,(H,23,27). The number of benzene rings is 1. The lowest BCUT2D eigenvalue weighted by molar-refractivity contribution is -0.121. The third-order valence-electron chi connectivity index (χ3n) is 5.72. The van der Waals surface area contributed by atoms with Crippen molar-refractivity contribution in [2.75, 3.05) is 14.1 Å². The zero-order valence-electron chi connectivity index (χ0n) is 18.3. The van der Waals surface area contributed by atoms with E-state index in [0.29, 0.717) is 22.2 Å². The molecule has 0 unspecified atom stereocenters. The number of amides is 1. The summed E-state index contributed by atoms with van der Waals surface area (Å²) in [4.78, 5) is 18.9. The Kier molecular flexibility index (Phi) is 7.39. The van der Waals surface area contributed by atoms with E-state index in [0.717, 1.165) is 25.7 Å². The van der Waals surface area contributed by atoms with Gasteiger partial charge < -0.3 is 14.7 Å². The number of aryl methyl sites for hydroxylation is 2. The highest BCUT2D eigenvalue weighted by molar-refractivity contribution is 7.90. The third-order valence-corrected chi connectivity index (χ3v) is 7.88. The first kappa shape index (κ1) is 23.7. The molecule has 2 aromatic rings. The maximum absolute atomic E-state index is 12.8. The Balaban J connectivity index is 1.58. The van der Waals surface area contributed by atoms with Gasteiger partial charge >= 0.3 is 0 Å². The Morgan fingerprint density at radius 1 is 1.19 bits per heavy atom. The van der Waals surface area contributed by atoms with Gasteiger partial charge in [0, 0.05) is 17.1 Å². The van der Waals surface area contributed by atoms with Gasteiger partial charge in [0.2, 0.25) is 11.8 Å². The van der Waals surface area contributed by atoms with E-state index in [1.54, 1.807) is 26.0 Å². The smallest absolute Gasteiger partial charge is 0.236 e. The predicted octanol–water partition coefficient (Wildman–Crippen LogP) is 2.85. The Morgan fingerprint density at radius 3 is 2.52 bits per heavy atom. The summed E-state index contributed by atoms with van der Waals surface area (Å²) in [6.07, 6.45) is 3.89. The molecule has 0 radical (unpaired) electrons. The number of hydrogen-bond acceptors (Lipinski definition) is 7. The summed E-state index contributed by atoms with van der Waals surface area (Å²) in [6.45, 7) is 3.44. The van der Waals surface area contributed by atoms with Gasteiger partial charge in [-0.1, -0.05) is 16.8 Å². The molecule has 1 N–H and O–H groups in total. The molecule has 0 spiro atoms. The van der Waals surface area contributed by atoms with Gasteiger partial charge in [-0.25, -0.2) is 8.42 Å². The summed E-state index contributed by atoms with van der Waals surface area (Å²) in [6, 6.07) is 3.87. The van der Waals surface area contributed by atoms with Crippen LogP contribution in [0.5, 0.6) is 0 Å². The monoisotopic (exact) mass is 468 g/mol. The summed E-state index contributed by atoms with van der Waals surface area (Å²) in [7, 11) is 0.470. The van der Waals surface area contributed by atoms with E-state index in [1.165, 1.54) is 0 Å². The number of sulfone groups is 1. The summed E-state index contributed by atoms with van der Waals surface area (Å²) in [5.41, 5.74) is 1.23. The molecular weight excluding hydrogens is 440 g/mol. The fraction of sp³-hybridized carbons (Fsp3) is 0.571. The highest BCUT2D eigenvalue weighted by Gasteiger charge is 2.25. The van der Waals surface area contributed by atoms with E-state index in [1.807, 2.05) is 0 Å². The molecule has 0 atom stereocenters. The van der Waals surface area contributed by atoms with Crippen LogP contribution in [0.15, 0.2) is 21.6 Å². The van der Waals surface area contributed by atoms with Gasteiger partial charge in [0.15, 0.2) is 15.7 Å². The molecule has 0 saturated heterocycles. The van der Waals surface area contributed by atoms with Crippen molar-refractivity contribution in [2.24, 2.45) is 0 Å². The van der Waals surface area contributed by atoms with Crippen molar-refractivity contribution in [1.29, 1.82) is 0 Å². The summed E-state index contributed by atoms with van der Waals surface area (Å²) >= 11 is 6.06. The Bertz CT molecular complexity index is 1040.